The van der Waals surface area contributed by atoms with Crippen molar-refractivity contribution in [3.8, 4) is 5.75 Å². The lowest BCUT2D eigenvalue weighted by Gasteiger charge is -2.11. The van der Waals surface area contributed by atoms with Gasteiger partial charge in [-0.3, -0.25) is 0 Å². The molecule has 25 heavy (non-hydrogen) atoms. The van der Waals surface area contributed by atoms with Crippen molar-refractivity contribution < 1.29 is 17.9 Å². The van der Waals surface area contributed by atoms with Crippen molar-refractivity contribution in [2.75, 3.05) is 23.4 Å². The first-order valence-corrected chi connectivity index (χ1v) is 10.7. The summed E-state index contributed by atoms with van der Waals surface area (Å²) in [4.78, 5) is 13.0. The highest BCUT2D eigenvalue weighted by Crippen LogP contribution is 2.19. The molecule has 2 heterocycles. The van der Waals surface area contributed by atoms with Crippen molar-refractivity contribution >= 4 is 32.9 Å². The van der Waals surface area contributed by atoms with Gasteiger partial charge in [0.15, 0.2) is 9.84 Å². The van der Waals surface area contributed by atoms with Crippen LogP contribution in [-0.2, 0) is 16.4 Å². The van der Waals surface area contributed by atoms with Crippen LogP contribution in [0.2, 0.25) is 0 Å². The van der Waals surface area contributed by atoms with E-state index >= 15 is 0 Å². The lowest BCUT2D eigenvalue weighted by atomic mass is 10.1. The quantitative estimate of drug-likeness (QED) is 0.807. The van der Waals surface area contributed by atoms with Crippen molar-refractivity contribution in [3.05, 3.63) is 46.7 Å². The van der Waals surface area contributed by atoms with Gasteiger partial charge in [0, 0.05) is 17.1 Å². The number of urea groups is 1. The summed E-state index contributed by atoms with van der Waals surface area (Å²) in [6, 6.07) is 10.8. The molecule has 1 saturated heterocycles. The molecule has 0 saturated carbocycles. The van der Waals surface area contributed by atoms with Gasteiger partial charge in [-0.25, -0.2) is 13.2 Å². The fourth-order valence-corrected chi connectivity index (χ4v) is 5.11. The molecule has 6 nitrogen and oxygen atoms in total. The Balaban J connectivity index is 1.42. The van der Waals surface area contributed by atoms with Crippen molar-refractivity contribution in [1.29, 1.82) is 0 Å². The van der Waals surface area contributed by atoms with Gasteiger partial charge in [0.05, 0.1) is 11.5 Å². The molecule has 0 spiro atoms. The number of nitrogens with one attached hydrogen (secondary N) is 2. The summed E-state index contributed by atoms with van der Waals surface area (Å²) in [5, 5.41) is 7.46. The summed E-state index contributed by atoms with van der Waals surface area (Å²) in [6.07, 6.45) is 0.610. The highest BCUT2D eigenvalue weighted by Gasteiger charge is 2.27. The number of ether oxygens (including phenoxy) is 1. The Labute approximate surface area is 151 Å². The molecule has 2 N–H and O–H groups in total. The number of rotatable bonds is 6. The van der Waals surface area contributed by atoms with Gasteiger partial charge in [0.1, 0.15) is 12.4 Å². The number of benzene rings is 1. The number of carbonyl (C=O) groups excluding carboxylic acids is 1. The van der Waals surface area contributed by atoms with Crippen LogP contribution in [0.25, 0.3) is 0 Å². The highest BCUT2D eigenvalue weighted by molar-refractivity contribution is 7.91. The van der Waals surface area contributed by atoms with E-state index in [2.05, 4.69) is 10.6 Å². The first-order chi connectivity index (χ1) is 12.0. The largest absolute Gasteiger partial charge is 0.488 e. The third kappa shape index (κ3) is 5.47. The first-order valence-electron chi connectivity index (χ1n) is 8.01. The maximum absolute atomic E-state index is 11.9. The molecule has 8 heteroatoms. The summed E-state index contributed by atoms with van der Waals surface area (Å²) in [5.41, 5.74) is 0.653. The van der Waals surface area contributed by atoms with Crippen LogP contribution in [0.4, 0.5) is 10.5 Å². The third-order valence-corrected chi connectivity index (χ3v) is 6.64. The minimum Gasteiger partial charge on any atom is -0.488 e. The van der Waals surface area contributed by atoms with E-state index in [0.717, 1.165) is 10.6 Å². The van der Waals surface area contributed by atoms with Crippen LogP contribution in [0.5, 0.6) is 5.75 Å². The number of thiophene rings is 1. The zero-order chi connectivity index (χ0) is 17.7. The SMILES string of the molecule is O=C(NC[C@@H]1CCS(=O)(=O)C1)Nc1ccc(OCc2cccs2)cc1. The Morgan fingerprint density at radius 3 is 2.68 bits per heavy atom. The van der Waals surface area contributed by atoms with E-state index in [1.165, 1.54) is 0 Å². The van der Waals surface area contributed by atoms with Crippen LogP contribution in [0.15, 0.2) is 41.8 Å². The Morgan fingerprint density at radius 2 is 2.04 bits per heavy atom. The molecule has 1 aliphatic heterocycles. The molecule has 1 aromatic carbocycles. The molecule has 0 unspecified atom stereocenters. The number of hydrogen-bond acceptors (Lipinski definition) is 5. The van der Waals surface area contributed by atoms with Crippen LogP contribution in [0, 0.1) is 5.92 Å². The van der Waals surface area contributed by atoms with Gasteiger partial charge in [0.2, 0.25) is 0 Å². The molecule has 3 rings (SSSR count). The molecule has 0 radical (unpaired) electrons. The van der Waals surface area contributed by atoms with Crippen molar-refractivity contribution in [2.45, 2.75) is 13.0 Å². The number of amides is 2. The number of carbonyl (C=O) groups is 1. The van der Waals surface area contributed by atoms with Crippen LogP contribution in [0.3, 0.4) is 0 Å². The van der Waals surface area contributed by atoms with E-state index in [4.69, 9.17) is 4.74 Å². The lowest BCUT2D eigenvalue weighted by molar-refractivity contribution is 0.250. The zero-order valence-electron chi connectivity index (χ0n) is 13.6. The van der Waals surface area contributed by atoms with E-state index in [1.807, 2.05) is 17.5 Å². The Hall–Kier alpha value is -2.06. The Bertz CT molecular complexity index is 802. The second-order valence-electron chi connectivity index (χ2n) is 6.00. The molecular weight excluding hydrogens is 360 g/mol. The predicted octanol–water partition coefficient (Wildman–Crippen LogP) is 2.88. The molecule has 1 atom stereocenters. The summed E-state index contributed by atoms with van der Waals surface area (Å²) < 4.78 is 28.5. The molecule has 1 aromatic heterocycles. The molecular formula is C17H20N2O4S2. The third-order valence-electron chi connectivity index (χ3n) is 3.95. The summed E-state index contributed by atoms with van der Waals surface area (Å²) in [5.74, 6) is 1.11. The van der Waals surface area contributed by atoms with Crippen molar-refractivity contribution in [3.63, 3.8) is 0 Å². The second kappa shape index (κ2) is 7.88. The minimum absolute atomic E-state index is 0.00350. The molecule has 2 aromatic rings. The molecule has 2 amide bonds. The van der Waals surface area contributed by atoms with Gasteiger partial charge >= 0.3 is 6.03 Å². The predicted molar refractivity (Wildman–Crippen MR) is 98.9 cm³/mol. The maximum atomic E-state index is 11.9. The van der Waals surface area contributed by atoms with E-state index < -0.39 is 9.84 Å². The average molecular weight is 380 g/mol. The second-order valence-corrected chi connectivity index (χ2v) is 9.26. The molecule has 1 fully saturated rings. The Kier molecular flexibility index (Phi) is 5.60. The van der Waals surface area contributed by atoms with E-state index in [1.54, 1.807) is 35.6 Å². The summed E-state index contributed by atoms with van der Waals surface area (Å²) >= 11 is 1.64. The van der Waals surface area contributed by atoms with Crippen LogP contribution in [0.1, 0.15) is 11.3 Å². The van der Waals surface area contributed by atoms with Crippen LogP contribution in [-0.4, -0.2) is 32.5 Å². The van der Waals surface area contributed by atoms with Gasteiger partial charge in [-0.2, -0.15) is 0 Å². The van der Waals surface area contributed by atoms with Crippen LogP contribution >= 0.6 is 11.3 Å². The molecule has 1 aliphatic rings. The summed E-state index contributed by atoms with van der Waals surface area (Å²) in [6.45, 7) is 0.891. The standard InChI is InChI=1S/C17H20N2O4S2/c20-17(18-10-13-7-9-25(21,22)12-13)19-14-3-5-15(6-4-14)23-11-16-2-1-8-24-16/h1-6,8,13H,7,9-12H2,(H2,18,19,20)/t13-/m0/s1. The zero-order valence-corrected chi connectivity index (χ0v) is 15.2. The molecule has 0 aliphatic carbocycles. The van der Waals surface area contributed by atoms with Crippen molar-refractivity contribution in [1.82, 2.24) is 5.32 Å². The molecule has 134 valence electrons. The van der Waals surface area contributed by atoms with Gasteiger partial charge < -0.3 is 15.4 Å². The van der Waals surface area contributed by atoms with Crippen molar-refractivity contribution in [2.24, 2.45) is 5.92 Å². The Morgan fingerprint density at radius 1 is 1.24 bits per heavy atom. The normalized spacial score (nSPS) is 18.6. The highest BCUT2D eigenvalue weighted by atomic mass is 32.2. The topological polar surface area (TPSA) is 84.5 Å². The van der Waals surface area contributed by atoms with Gasteiger partial charge in [0.25, 0.3) is 0 Å². The monoisotopic (exact) mass is 380 g/mol. The van der Waals surface area contributed by atoms with Crippen LogP contribution < -0.4 is 15.4 Å². The number of anilines is 1. The number of hydrogen-bond donors (Lipinski definition) is 2. The van der Waals surface area contributed by atoms with Gasteiger partial charge in [-0.05, 0) is 48.1 Å². The fourth-order valence-electron chi connectivity index (χ4n) is 2.63. The fraction of sp³-hybridized carbons (Fsp3) is 0.353. The van der Waals surface area contributed by atoms with E-state index in [9.17, 15) is 13.2 Å². The van der Waals surface area contributed by atoms with E-state index in [-0.39, 0.29) is 23.5 Å². The lowest BCUT2D eigenvalue weighted by Crippen LogP contribution is -2.33. The maximum Gasteiger partial charge on any atom is 0.319 e. The smallest absolute Gasteiger partial charge is 0.319 e. The van der Waals surface area contributed by atoms with E-state index in [0.29, 0.717) is 25.3 Å². The van der Waals surface area contributed by atoms with Gasteiger partial charge in [-0.1, -0.05) is 6.07 Å². The minimum atomic E-state index is -2.91. The number of sulfone groups is 1. The summed E-state index contributed by atoms with van der Waals surface area (Å²) in [7, 11) is -2.91. The average Bonchev–Trinajstić information content (AvgIpc) is 3.21. The molecule has 0 bridgehead atoms. The first kappa shape index (κ1) is 17.8. The van der Waals surface area contributed by atoms with Gasteiger partial charge in [-0.15, -0.1) is 11.3 Å².